The number of halogens is 1. The predicted molar refractivity (Wildman–Crippen MR) is 70.7 cm³/mol. The Kier molecular flexibility index (Phi) is 4.48. The van der Waals surface area contributed by atoms with Crippen molar-refractivity contribution in [3.8, 4) is 11.5 Å². The molecule has 1 fully saturated rings. The van der Waals surface area contributed by atoms with Crippen LogP contribution in [0.2, 0.25) is 0 Å². The molecule has 2 rings (SSSR count). The van der Waals surface area contributed by atoms with Crippen molar-refractivity contribution in [2.75, 3.05) is 6.61 Å². The molecule has 0 amide bonds. The Morgan fingerprint density at radius 2 is 2.06 bits per heavy atom. The van der Waals surface area contributed by atoms with Crippen LogP contribution < -0.4 is 9.47 Å². The highest BCUT2D eigenvalue weighted by molar-refractivity contribution is 6.67. The molecular formula is C14H17ClO3. The first-order valence-electron chi connectivity index (χ1n) is 6.34. The molecule has 1 aromatic rings. The summed E-state index contributed by atoms with van der Waals surface area (Å²) in [6.45, 7) is 2.43. The van der Waals surface area contributed by atoms with E-state index in [0.717, 1.165) is 12.8 Å². The Bertz CT molecular complexity index is 425. The summed E-state index contributed by atoms with van der Waals surface area (Å²) in [6, 6.07) is 5.07. The van der Waals surface area contributed by atoms with E-state index < -0.39 is 5.24 Å². The first-order chi connectivity index (χ1) is 8.70. The SMILES string of the molecule is CCOc1cc(C(=O)Cl)ccc1OC1CCCC1. The molecule has 0 spiro atoms. The summed E-state index contributed by atoms with van der Waals surface area (Å²) < 4.78 is 11.4. The molecule has 0 N–H and O–H groups in total. The van der Waals surface area contributed by atoms with Gasteiger partial charge in [0, 0.05) is 5.56 Å². The van der Waals surface area contributed by atoms with Crippen molar-refractivity contribution in [1.82, 2.24) is 0 Å². The fourth-order valence-electron chi connectivity index (χ4n) is 2.18. The summed E-state index contributed by atoms with van der Waals surface area (Å²) in [7, 11) is 0. The lowest BCUT2D eigenvalue weighted by molar-refractivity contribution is 0.108. The summed E-state index contributed by atoms with van der Waals surface area (Å²) in [5.74, 6) is 1.29. The highest BCUT2D eigenvalue weighted by Gasteiger charge is 2.19. The molecule has 1 saturated carbocycles. The second-order valence-corrected chi connectivity index (χ2v) is 4.74. The maximum atomic E-state index is 11.1. The van der Waals surface area contributed by atoms with Gasteiger partial charge in [-0.05, 0) is 62.4 Å². The lowest BCUT2D eigenvalue weighted by atomic mass is 10.2. The van der Waals surface area contributed by atoms with Gasteiger partial charge in [0.2, 0.25) is 0 Å². The molecule has 0 unspecified atom stereocenters. The summed E-state index contributed by atoms with van der Waals surface area (Å²) in [4.78, 5) is 11.1. The second kappa shape index (κ2) is 6.10. The van der Waals surface area contributed by atoms with Gasteiger partial charge in [0.05, 0.1) is 12.7 Å². The molecule has 4 heteroatoms. The summed E-state index contributed by atoms with van der Waals surface area (Å²) in [6.07, 6.45) is 4.87. The molecule has 0 bridgehead atoms. The van der Waals surface area contributed by atoms with Crippen LogP contribution in [0.4, 0.5) is 0 Å². The maximum Gasteiger partial charge on any atom is 0.252 e. The quantitative estimate of drug-likeness (QED) is 0.762. The van der Waals surface area contributed by atoms with Crippen molar-refractivity contribution in [2.45, 2.75) is 38.7 Å². The van der Waals surface area contributed by atoms with Crippen LogP contribution in [0.1, 0.15) is 43.0 Å². The van der Waals surface area contributed by atoms with Crippen LogP contribution in [0.5, 0.6) is 11.5 Å². The molecule has 1 aromatic carbocycles. The molecule has 98 valence electrons. The summed E-state index contributed by atoms with van der Waals surface area (Å²) >= 11 is 5.46. The Hall–Kier alpha value is -1.22. The van der Waals surface area contributed by atoms with Gasteiger partial charge in [-0.3, -0.25) is 4.79 Å². The molecule has 1 aliphatic rings. The van der Waals surface area contributed by atoms with E-state index in [4.69, 9.17) is 21.1 Å². The van der Waals surface area contributed by atoms with Crippen molar-refractivity contribution in [3.63, 3.8) is 0 Å². The minimum Gasteiger partial charge on any atom is -0.490 e. The number of carbonyl (C=O) groups excluding carboxylic acids is 1. The smallest absolute Gasteiger partial charge is 0.252 e. The minimum absolute atomic E-state index is 0.266. The van der Waals surface area contributed by atoms with Gasteiger partial charge in [-0.2, -0.15) is 0 Å². The summed E-state index contributed by atoms with van der Waals surface area (Å²) in [5, 5.41) is -0.483. The number of hydrogen-bond acceptors (Lipinski definition) is 3. The molecular weight excluding hydrogens is 252 g/mol. The average molecular weight is 269 g/mol. The highest BCUT2D eigenvalue weighted by atomic mass is 35.5. The molecule has 18 heavy (non-hydrogen) atoms. The van der Waals surface area contributed by atoms with E-state index in [1.165, 1.54) is 12.8 Å². The maximum absolute atomic E-state index is 11.1. The molecule has 0 atom stereocenters. The van der Waals surface area contributed by atoms with E-state index in [1.807, 2.05) is 6.92 Å². The van der Waals surface area contributed by atoms with Gasteiger partial charge in [0.25, 0.3) is 5.24 Å². The number of rotatable bonds is 5. The zero-order valence-electron chi connectivity index (χ0n) is 10.4. The largest absolute Gasteiger partial charge is 0.490 e. The van der Waals surface area contributed by atoms with Crippen molar-refractivity contribution in [3.05, 3.63) is 23.8 Å². The predicted octanol–water partition coefficient (Wildman–Crippen LogP) is 3.79. The number of hydrogen-bond donors (Lipinski definition) is 0. The first-order valence-corrected chi connectivity index (χ1v) is 6.72. The van der Waals surface area contributed by atoms with Gasteiger partial charge >= 0.3 is 0 Å². The third-order valence-electron chi connectivity index (χ3n) is 3.07. The van der Waals surface area contributed by atoms with Crippen LogP contribution in [0.3, 0.4) is 0 Å². The van der Waals surface area contributed by atoms with Gasteiger partial charge in [-0.25, -0.2) is 0 Å². The van der Waals surface area contributed by atoms with Crippen molar-refractivity contribution in [1.29, 1.82) is 0 Å². The Labute approximate surface area is 112 Å². The van der Waals surface area contributed by atoms with Crippen molar-refractivity contribution < 1.29 is 14.3 Å². The molecule has 0 radical (unpaired) electrons. The molecule has 0 saturated heterocycles. The topological polar surface area (TPSA) is 35.5 Å². The van der Waals surface area contributed by atoms with Crippen molar-refractivity contribution in [2.24, 2.45) is 0 Å². The number of carbonyl (C=O) groups is 1. The van der Waals surface area contributed by atoms with Crippen LogP contribution in [-0.2, 0) is 0 Å². The van der Waals surface area contributed by atoms with E-state index in [2.05, 4.69) is 0 Å². The van der Waals surface area contributed by atoms with Gasteiger partial charge < -0.3 is 9.47 Å². The minimum atomic E-state index is -0.483. The van der Waals surface area contributed by atoms with Gasteiger partial charge in [-0.1, -0.05) is 0 Å². The lowest BCUT2D eigenvalue weighted by Gasteiger charge is -2.16. The fourth-order valence-corrected chi connectivity index (χ4v) is 2.30. The Morgan fingerprint density at radius 3 is 2.67 bits per heavy atom. The van der Waals surface area contributed by atoms with Crippen LogP contribution in [-0.4, -0.2) is 18.0 Å². The monoisotopic (exact) mass is 268 g/mol. The third-order valence-corrected chi connectivity index (χ3v) is 3.28. The van der Waals surface area contributed by atoms with Crippen LogP contribution in [0, 0.1) is 0 Å². The normalized spacial score (nSPS) is 15.7. The van der Waals surface area contributed by atoms with Crippen LogP contribution in [0.25, 0.3) is 0 Å². The Balaban J connectivity index is 2.19. The van der Waals surface area contributed by atoms with E-state index in [-0.39, 0.29) is 6.10 Å². The molecule has 0 heterocycles. The molecule has 3 nitrogen and oxygen atoms in total. The molecule has 0 aromatic heterocycles. The van der Waals surface area contributed by atoms with Crippen LogP contribution >= 0.6 is 11.6 Å². The third kappa shape index (κ3) is 3.16. The summed E-state index contributed by atoms with van der Waals surface area (Å²) in [5.41, 5.74) is 0.430. The fraction of sp³-hybridized carbons (Fsp3) is 0.500. The standard InChI is InChI=1S/C14H17ClO3/c1-2-17-13-9-10(14(15)16)7-8-12(13)18-11-5-3-4-6-11/h7-9,11H,2-6H2,1H3. The van der Waals surface area contributed by atoms with E-state index in [9.17, 15) is 4.79 Å². The van der Waals surface area contributed by atoms with E-state index in [0.29, 0.717) is 23.7 Å². The zero-order valence-corrected chi connectivity index (χ0v) is 11.2. The zero-order chi connectivity index (χ0) is 13.0. The number of ether oxygens (including phenoxy) is 2. The van der Waals surface area contributed by atoms with E-state index in [1.54, 1.807) is 18.2 Å². The highest BCUT2D eigenvalue weighted by Crippen LogP contribution is 2.32. The second-order valence-electron chi connectivity index (χ2n) is 4.39. The number of benzene rings is 1. The molecule has 1 aliphatic carbocycles. The van der Waals surface area contributed by atoms with Gasteiger partial charge in [0.15, 0.2) is 11.5 Å². The Morgan fingerprint density at radius 1 is 1.33 bits per heavy atom. The first kappa shape index (κ1) is 13.2. The lowest BCUT2D eigenvalue weighted by Crippen LogP contribution is -2.12. The van der Waals surface area contributed by atoms with Crippen LogP contribution in [0.15, 0.2) is 18.2 Å². The van der Waals surface area contributed by atoms with Gasteiger partial charge in [0.1, 0.15) is 0 Å². The average Bonchev–Trinajstić information content (AvgIpc) is 2.84. The van der Waals surface area contributed by atoms with Gasteiger partial charge in [-0.15, -0.1) is 0 Å². The van der Waals surface area contributed by atoms with Crippen molar-refractivity contribution >= 4 is 16.8 Å². The van der Waals surface area contributed by atoms with E-state index >= 15 is 0 Å². The molecule has 0 aliphatic heterocycles.